The fourth-order valence-electron chi connectivity index (χ4n) is 3.37. The fourth-order valence-corrected chi connectivity index (χ4v) is 3.37. The number of nitrogen functional groups attached to an aromatic ring is 1. The van der Waals surface area contributed by atoms with Gasteiger partial charge in [0.25, 0.3) is 5.91 Å². The van der Waals surface area contributed by atoms with Gasteiger partial charge in [-0.05, 0) is 57.0 Å². The maximum atomic E-state index is 12.6. The Balaban J connectivity index is 1.70. The molecular weight excluding hydrogens is 250 g/mol. The maximum absolute atomic E-state index is 12.6. The van der Waals surface area contributed by atoms with Crippen LogP contribution in [0.3, 0.4) is 0 Å². The van der Waals surface area contributed by atoms with Gasteiger partial charge in [-0.3, -0.25) is 9.69 Å². The third kappa shape index (κ3) is 2.52. The van der Waals surface area contributed by atoms with Gasteiger partial charge in [-0.15, -0.1) is 0 Å². The number of aryl methyl sites for hydroxylation is 1. The van der Waals surface area contributed by atoms with Gasteiger partial charge in [0.2, 0.25) is 0 Å². The van der Waals surface area contributed by atoms with Crippen LogP contribution in [0.1, 0.15) is 35.2 Å². The molecule has 0 bridgehead atoms. The summed E-state index contributed by atoms with van der Waals surface area (Å²) >= 11 is 0. The van der Waals surface area contributed by atoms with Crippen LogP contribution in [0.15, 0.2) is 18.2 Å². The molecular formula is C16H23N3O. The average molecular weight is 273 g/mol. The molecule has 2 heterocycles. The van der Waals surface area contributed by atoms with Gasteiger partial charge < -0.3 is 10.6 Å². The molecule has 0 radical (unpaired) electrons. The van der Waals surface area contributed by atoms with Crippen molar-refractivity contribution in [1.82, 2.24) is 9.80 Å². The van der Waals surface area contributed by atoms with Crippen molar-refractivity contribution < 1.29 is 4.79 Å². The van der Waals surface area contributed by atoms with Gasteiger partial charge in [-0.2, -0.15) is 0 Å². The Morgan fingerprint density at radius 2 is 2.00 bits per heavy atom. The topological polar surface area (TPSA) is 49.6 Å². The minimum Gasteiger partial charge on any atom is -0.399 e. The Morgan fingerprint density at radius 1 is 1.25 bits per heavy atom. The molecule has 1 atom stereocenters. The van der Waals surface area contributed by atoms with Gasteiger partial charge in [0.15, 0.2) is 0 Å². The summed E-state index contributed by atoms with van der Waals surface area (Å²) in [6, 6.07) is 6.14. The van der Waals surface area contributed by atoms with Crippen LogP contribution >= 0.6 is 0 Å². The molecule has 0 aliphatic carbocycles. The molecule has 1 aromatic rings. The van der Waals surface area contributed by atoms with Gasteiger partial charge in [0, 0.05) is 30.4 Å². The molecule has 2 fully saturated rings. The lowest BCUT2D eigenvalue weighted by molar-refractivity contribution is 0.0779. The van der Waals surface area contributed by atoms with Gasteiger partial charge in [-0.25, -0.2) is 0 Å². The number of hydrogen-bond acceptors (Lipinski definition) is 3. The van der Waals surface area contributed by atoms with Crippen LogP contribution < -0.4 is 5.73 Å². The van der Waals surface area contributed by atoms with Crippen molar-refractivity contribution >= 4 is 11.6 Å². The minimum absolute atomic E-state index is 0.136. The third-order valence-electron chi connectivity index (χ3n) is 4.60. The minimum atomic E-state index is 0.136. The second-order valence-electron chi connectivity index (χ2n) is 6.01. The van der Waals surface area contributed by atoms with E-state index < -0.39 is 0 Å². The number of anilines is 1. The molecule has 2 aliphatic rings. The summed E-state index contributed by atoms with van der Waals surface area (Å²) in [6.07, 6.45) is 3.71. The third-order valence-corrected chi connectivity index (χ3v) is 4.60. The Hall–Kier alpha value is -1.55. The Bertz CT molecular complexity index is 508. The SMILES string of the molecule is Cc1ccc(N)cc1C(=O)N1CCC(N2CCCC2)C1. The van der Waals surface area contributed by atoms with Gasteiger partial charge in [0.05, 0.1) is 0 Å². The molecule has 1 amide bonds. The number of hydrogen-bond donors (Lipinski definition) is 1. The molecule has 2 saturated heterocycles. The van der Waals surface area contributed by atoms with Crippen molar-refractivity contribution in [3.8, 4) is 0 Å². The summed E-state index contributed by atoms with van der Waals surface area (Å²) < 4.78 is 0. The number of benzene rings is 1. The van der Waals surface area contributed by atoms with E-state index in [0.29, 0.717) is 11.7 Å². The number of carbonyl (C=O) groups is 1. The van der Waals surface area contributed by atoms with Crippen LogP contribution in [0.2, 0.25) is 0 Å². The van der Waals surface area contributed by atoms with Crippen LogP contribution in [0.25, 0.3) is 0 Å². The first-order valence-corrected chi connectivity index (χ1v) is 7.54. The van der Waals surface area contributed by atoms with Crippen LogP contribution in [-0.2, 0) is 0 Å². The van der Waals surface area contributed by atoms with Crippen LogP contribution in [0.5, 0.6) is 0 Å². The second kappa shape index (κ2) is 5.44. The van der Waals surface area contributed by atoms with E-state index in [1.165, 1.54) is 25.9 Å². The molecule has 2 aliphatic heterocycles. The number of carbonyl (C=O) groups excluding carboxylic acids is 1. The van der Waals surface area contributed by atoms with E-state index in [9.17, 15) is 4.79 Å². The Kier molecular flexibility index (Phi) is 3.66. The van der Waals surface area contributed by atoms with E-state index in [0.717, 1.165) is 30.6 Å². The fraction of sp³-hybridized carbons (Fsp3) is 0.562. The second-order valence-corrected chi connectivity index (χ2v) is 6.01. The summed E-state index contributed by atoms with van der Waals surface area (Å²) in [5, 5.41) is 0. The number of nitrogens with two attached hydrogens (primary N) is 1. The predicted molar refractivity (Wildman–Crippen MR) is 80.7 cm³/mol. The quantitative estimate of drug-likeness (QED) is 0.837. The number of likely N-dealkylation sites (tertiary alicyclic amines) is 2. The van der Waals surface area contributed by atoms with E-state index in [1.54, 1.807) is 6.07 Å². The molecule has 4 nitrogen and oxygen atoms in total. The molecule has 2 N–H and O–H groups in total. The molecule has 0 aromatic heterocycles. The van der Waals surface area contributed by atoms with E-state index >= 15 is 0 Å². The van der Waals surface area contributed by atoms with Crippen molar-refractivity contribution in [3.05, 3.63) is 29.3 Å². The molecule has 1 unspecified atom stereocenters. The lowest BCUT2D eigenvalue weighted by atomic mass is 10.1. The standard InChI is InChI=1S/C16H23N3O/c1-12-4-5-13(17)10-15(12)16(20)19-9-6-14(11-19)18-7-2-3-8-18/h4-5,10,14H,2-3,6-9,11,17H2,1H3. The lowest BCUT2D eigenvalue weighted by Gasteiger charge is -2.24. The maximum Gasteiger partial charge on any atom is 0.254 e. The molecule has 0 spiro atoms. The van der Waals surface area contributed by atoms with E-state index in [1.807, 2.05) is 24.0 Å². The Morgan fingerprint density at radius 3 is 2.75 bits per heavy atom. The number of amides is 1. The van der Waals surface area contributed by atoms with Crippen molar-refractivity contribution in [2.75, 3.05) is 31.9 Å². The lowest BCUT2D eigenvalue weighted by Crippen LogP contribution is -2.37. The van der Waals surface area contributed by atoms with E-state index in [4.69, 9.17) is 5.73 Å². The number of rotatable bonds is 2. The summed E-state index contributed by atoms with van der Waals surface area (Å²) in [5.41, 5.74) is 8.24. The van der Waals surface area contributed by atoms with Crippen molar-refractivity contribution in [3.63, 3.8) is 0 Å². The zero-order chi connectivity index (χ0) is 14.1. The predicted octanol–water partition coefficient (Wildman–Crippen LogP) is 1.89. The van der Waals surface area contributed by atoms with Gasteiger partial charge in [0.1, 0.15) is 0 Å². The summed E-state index contributed by atoms with van der Waals surface area (Å²) in [7, 11) is 0. The smallest absolute Gasteiger partial charge is 0.254 e. The highest BCUT2D eigenvalue weighted by molar-refractivity contribution is 5.96. The highest BCUT2D eigenvalue weighted by Crippen LogP contribution is 2.23. The van der Waals surface area contributed by atoms with Crippen LogP contribution in [-0.4, -0.2) is 47.9 Å². The first-order valence-electron chi connectivity index (χ1n) is 7.54. The van der Waals surface area contributed by atoms with E-state index in [-0.39, 0.29) is 5.91 Å². The molecule has 108 valence electrons. The van der Waals surface area contributed by atoms with Crippen LogP contribution in [0.4, 0.5) is 5.69 Å². The first-order chi connectivity index (χ1) is 9.65. The summed E-state index contributed by atoms with van der Waals surface area (Å²) in [5.74, 6) is 0.136. The van der Waals surface area contributed by atoms with Crippen molar-refractivity contribution in [2.24, 2.45) is 0 Å². The normalized spacial score (nSPS) is 23.4. The Labute approximate surface area is 120 Å². The van der Waals surface area contributed by atoms with Gasteiger partial charge in [-0.1, -0.05) is 6.07 Å². The first kappa shape index (κ1) is 13.4. The number of nitrogens with zero attached hydrogens (tertiary/aromatic N) is 2. The molecule has 3 rings (SSSR count). The average Bonchev–Trinajstić information content (AvgIpc) is 3.10. The van der Waals surface area contributed by atoms with Crippen molar-refractivity contribution in [2.45, 2.75) is 32.2 Å². The van der Waals surface area contributed by atoms with Gasteiger partial charge >= 0.3 is 0 Å². The van der Waals surface area contributed by atoms with Crippen LogP contribution in [0, 0.1) is 6.92 Å². The van der Waals surface area contributed by atoms with Crippen molar-refractivity contribution in [1.29, 1.82) is 0 Å². The molecule has 20 heavy (non-hydrogen) atoms. The monoisotopic (exact) mass is 273 g/mol. The highest BCUT2D eigenvalue weighted by atomic mass is 16.2. The highest BCUT2D eigenvalue weighted by Gasteiger charge is 2.32. The summed E-state index contributed by atoms with van der Waals surface area (Å²) in [4.78, 5) is 17.2. The van der Waals surface area contributed by atoms with E-state index in [2.05, 4.69) is 4.90 Å². The molecule has 1 aromatic carbocycles. The zero-order valence-corrected chi connectivity index (χ0v) is 12.1. The molecule has 4 heteroatoms. The largest absolute Gasteiger partial charge is 0.399 e. The molecule has 0 saturated carbocycles. The summed E-state index contributed by atoms with van der Waals surface area (Å²) in [6.45, 7) is 6.11. The zero-order valence-electron chi connectivity index (χ0n) is 12.1.